The molecule has 0 aromatic heterocycles. The second-order valence-corrected chi connectivity index (χ2v) is 5.84. The van der Waals surface area contributed by atoms with E-state index >= 15 is 0 Å². The molecule has 1 amide bonds. The summed E-state index contributed by atoms with van der Waals surface area (Å²) < 4.78 is 0. The van der Waals surface area contributed by atoms with Crippen molar-refractivity contribution >= 4 is 17.3 Å². The van der Waals surface area contributed by atoms with Gasteiger partial charge in [0.2, 0.25) is 5.91 Å². The Balaban J connectivity index is 1.79. The van der Waals surface area contributed by atoms with Gasteiger partial charge in [-0.3, -0.25) is 4.79 Å². The molecule has 116 valence electrons. The number of rotatable bonds is 6. The number of hydrogen-bond donors (Lipinski definition) is 2. The van der Waals surface area contributed by atoms with E-state index in [1.165, 1.54) is 32.1 Å². The van der Waals surface area contributed by atoms with Crippen LogP contribution in [0.25, 0.3) is 0 Å². The zero-order chi connectivity index (χ0) is 15.1. The SMILES string of the molecule is CCN(CCC(=O)Nc1cccc(N)c1)C1CCCCC1. The molecule has 4 heteroatoms. The van der Waals surface area contributed by atoms with E-state index in [1.807, 2.05) is 18.2 Å². The number of benzene rings is 1. The van der Waals surface area contributed by atoms with Crippen LogP contribution in [0.1, 0.15) is 45.4 Å². The fourth-order valence-corrected chi connectivity index (χ4v) is 3.13. The Morgan fingerprint density at radius 1 is 1.33 bits per heavy atom. The average molecular weight is 289 g/mol. The molecule has 21 heavy (non-hydrogen) atoms. The third-order valence-corrected chi connectivity index (χ3v) is 4.29. The van der Waals surface area contributed by atoms with E-state index in [1.54, 1.807) is 6.07 Å². The smallest absolute Gasteiger partial charge is 0.225 e. The lowest BCUT2D eigenvalue weighted by atomic mass is 9.94. The van der Waals surface area contributed by atoms with Crippen molar-refractivity contribution in [1.82, 2.24) is 4.90 Å². The Labute approximate surface area is 127 Å². The van der Waals surface area contributed by atoms with Gasteiger partial charge < -0.3 is 16.0 Å². The molecule has 0 atom stereocenters. The molecule has 0 saturated heterocycles. The zero-order valence-corrected chi connectivity index (χ0v) is 13.0. The normalized spacial score (nSPS) is 16.1. The predicted octanol–water partition coefficient (Wildman–Crippen LogP) is 3.25. The highest BCUT2D eigenvalue weighted by molar-refractivity contribution is 5.91. The standard InChI is InChI=1S/C17H27N3O/c1-2-20(16-9-4-3-5-10-16)12-11-17(21)19-15-8-6-7-14(18)13-15/h6-8,13,16H,2-5,9-12,18H2,1H3,(H,19,21). The first-order chi connectivity index (χ1) is 10.2. The van der Waals surface area contributed by atoms with Crippen molar-refractivity contribution in [3.8, 4) is 0 Å². The van der Waals surface area contributed by atoms with Crippen molar-refractivity contribution in [3.63, 3.8) is 0 Å². The van der Waals surface area contributed by atoms with E-state index in [0.717, 1.165) is 18.8 Å². The molecule has 1 saturated carbocycles. The van der Waals surface area contributed by atoms with Gasteiger partial charge >= 0.3 is 0 Å². The molecular formula is C17H27N3O. The number of carbonyl (C=O) groups excluding carboxylic acids is 1. The molecule has 0 spiro atoms. The van der Waals surface area contributed by atoms with Crippen LogP contribution in [0.2, 0.25) is 0 Å². The maximum Gasteiger partial charge on any atom is 0.225 e. The molecule has 0 unspecified atom stereocenters. The molecule has 2 rings (SSSR count). The number of amides is 1. The number of nitrogen functional groups attached to an aromatic ring is 1. The van der Waals surface area contributed by atoms with Crippen LogP contribution in [-0.4, -0.2) is 29.9 Å². The lowest BCUT2D eigenvalue weighted by molar-refractivity contribution is -0.116. The van der Waals surface area contributed by atoms with Gasteiger partial charge in [-0.1, -0.05) is 32.3 Å². The summed E-state index contributed by atoms with van der Waals surface area (Å²) in [4.78, 5) is 14.5. The molecular weight excluding hydrogens is 262 g/mol. The fraction of sp³-hybridized carbons (Fsp3) is 0.588. The summed E-state index contributed by atoms with van der Waals surface area (Å²) >= 11 is 0. The van der Waals surface area contributed by atoms with Crippen molar-refractivity contribution in [3.05, 3.63) is 24.3 Å². The molecule has 0 aliphatic heterocycles. The quantitative estimate of drug-likeness (QED) is 0.790. The van der Waals surface area contributed by atoms with Crippen molar-refractivity contribution in [2.75, 3.05) is 24.1 Å². The highest BCUT2D eigenvalue weighted by Gasteiger charge is 2.20. The fourth-order valence-electron chi connectivity index (χ4n) is 3.13. The van der Waals surface area contributed by atoms with Crippen LogP contribution in [0.5, 0.6) is 0 Å². The lowest BCUT2D eigenvalue weighted by Crippen LogP contribution is -2.38. The first-order valence-electron chi connectivity index (χ1n) is 8.08. The van der Waals surface area contributed by atoms with Crippen molar-refractivity contribution in [2.45, 2.75) is 51.5 Å². The maximum atomic E-state index is 12.0. The van der Waals surface area contributed by atoms with E-state index in [2.05, 4.69) is 17.1 Å². The summed E-state index contributed by atoms with van der Waals surface area (Å²) in [5.41, 5.74) is 7.17. The first kappa shape index (κ1) is 15.8. The van der Waals surface area contributed by atoms with Crippen molar-refractivity contribution in [2.24, 2.45) is 0 Å². The third kappa shape index (κ3) is 5.05. The molecule has 0 heterocycles. The van der Waals surface area contributed by atoms with Crippen LogP contribution < -0.4 is 11.1 Å². The Morgan fingerprint density at radius 3 is 2.76 bits per heavy atom. The molecule has 3 N–H and O–H groups in total. The Morgan fingerprint density at radius 2 is 2.10 bits per heavy atom. The summed E-state index contributed by atoms with van der Waals surface area (Å²) in [5, 5.41) is 2.92. The van der Waals surface area contributed by atoms with Crippen LogP contribution in [0.4, 0.5) is 11.4 Å². The highest BCUT2D eigenvalue weighted by Crippen LogP contribution is 2.22. The summed E-state index contributed by atoms with van der Waals surface area (Å²) in [6.07, 6.45) is 7.13. The molecule has 4 nitrogen and oxygen atoms in total. The maximum absolute atomic E-state index is 12.0. The minimum absolute atomic E-state index is 0.0647. The van der Waals surface area contributed by atoms with Crippen LogP contribution in [0.15, 0.2) is 24.3 Å². The van der Waals surface area contributed by atoms with E-state index in [0.29, 0.717) is 18.2 Å². The number of nitrogens with two attached hydrogens (primary N) is 1. The number of anilines is 2. The van der Waals surface area contributed by atoms with Gasteiger partial charge in [-0.05, 0) is 37.6 Å². The van der Waals surface area contributed by atoms with Gasteiger partial charge in [0.15, 0.2) is 0 Å². The number of carbonyl (C=O) groups is 1. The number of nitrogens with one attached hydrogen (secondary N) is 1. The minimum Gasteiger partial charge on any atom is -0.399 e. The van der Waals surface area contributed by atoms with Gasteiger partial charge in [0, 0.05) is 30.4 Å². The topological polar surface area (TPSA) is 58.4 Å². The van der Waals surface area contributed by atoms with Crippen molar-refractivity contribution in [1.29, 1.82) is 0 Å². The zero-order valence-electron chi connectivity index (χ0n) is 13.0. The van der Waals surface area contributed by atoms with Gasteiger partial charge in [0.25, 0.3) is 0 Å². The Bertz CT molecular complexity index is 455. The van der Waals surface area contributed by atoms with Gasteiger partial charge in [-0.2, -0.15) is 0 Å². The molecule has 1 aromatic carbocycles. The molecule has 0 radical (unpaired) electrons. The monoisotopic (exact) mass is 289 g/mol. The summed E-state index contributed by atoms with van der Waals surface area (Å²) in [6.45, 7) is 4.05. The van der Waals surface area contributed by atoms with Crippen LogP contribution in [0, 0.1) is 0 Å². The first-order valence-corrected chi connectivity index (χ1v) is 8.08. The van der Waals surface area contributed by atoms with E-state index in [-0.39, 0.29) is 5.91 Å². The third-order valence-electron chi connectivity index (χ3n) is 4.29. The highest BCUT2D eigenvalue weighted by atomic mass is 16.1. The molecule has 1 aliphatic carbocycles. The van der Waals surface area contributed by atoms with E-state index in [4.69, 9.17) is 5.73 Å². The Hall–Kier alpha value is -1.55. The summed E-state index contributed by atoms with van der Waals surface area (Å²) in [5.74, 6) is 0.0647. The molecule has 0 bridgehead atoms. The van der Waals surface area contributed by atoms with Gasteiger partial charge in [0.05, 0.1) is 0 Å². The van der Waals surface area contributed by atoms with Gasteiger partial charge in [0.1, 0.15) is 0 Å². The van der Waals surface area contributed by atoms with Crippen LogP contribution >= 0.6 is 0 Å². The predicted molar refractivity (Wildman–Crippen MR) is 88.2 cm³/mol. The van der Waals surface area contributed by atoms with E-state index < -0.39 is 0 Å². The van der Waals surface area contributed by atoms with Crippen molar-refractivity contribution < 1.29 is 4.79 Å². The summed E-state index contributed by atoms with van der Waals surface area (Å²) in [7, 11) is 0. The number of hydrogen-bond acceptors (Lipinski definition) is 3. The second-order valence-electron chi connectivity index (χ2n) is 5.84. The molecule has 1 aliphatic rings. The average Bonchev–Trinajstić information content (AvgIpc) is 2.49. The second kappa shape index (κ2) is 8.03. The molecule has 1 aromatic rings. The van der Waals surface area contributed by atoms with E-state index in [9.17, 15) is 4.79 Å². The van der Waals surface area contributed by atoms with Crippen LogP contribution in [0.3, 0.4) is 0 Å². The largest absolute Gasteiger partial charge is 0.399 e. The van der Waals surface area contributed by atoms with Gasteiger partial charge in [-0.25, -0.2) is 0 Å². The molecule has 1 fully saturated rings. The minimum atomic E-state index is 0.0647. The van der Waals surface area contributed by atoms with Gasteiger partial charge in [-0.15, -0.1) is 0 Å². The number of nitrogens with zero attached hydrogens (tertiary/aromatic N) is 1. The lowest BCUT2D eigenvalue weighted by Gasteiger charge is -2.33. The van der Waals surface area contributed by atoms with Crippen LogP contribution in [-0.2, 0) is 4.79 Å². The Kier molecular flexibility index (Phi) is 6.05. The summed E-state index contributed by atoms with van der Waals surface area (Å²) in [6, 6.07) is 8.00.